The van der Waals surface area contributed by atoms with E-state index in [2.05, 4.69) is 10.3 Å². The number of aromatic nitrogens is 1. The molecule has 0 spiro atoms. The molecule has 0 aliphatic carbocycles. The third-order valence-corrected chi connectivity index (χ3v) is 3.25. The highest BCUT2D eigenvalue weighted by molar-refractivity contribution is 5.78. The third-order valence-electron chi connectivity index (χ3n) is 3.25. The Morgan fingerprint density at radius 1 is 1.58 bits per heavy atom. The lowest BCUT2D eigenvalue weighted by atomic mass is 9.94. The maximum absolute atomic E-state index is 12.0. The summed E-state index contributed by atoms with van der Waals surface area (Å²) in [7, 11) is 0. The number of pyridine rings is 1. The van der Waals surface area contributed by atoms with Gasteiger partial charge in [-0.15, -0.1) is 0 Å². The predicted molar refractivity (Wildman–Crippen MR) is 73.5 cm³/mol. The molecule has 1 atom stereocenters. The summed E-state index contributed by atoms with van der Waals surface area (Å²) in [4.78, 5) is 16.1. The number of hydrogen-bond acceptors (Lipinski definition) is 4. The molecule has 3 N–H and O–H groups in total. The minimum absolute atomic E-state index is 0.0000265. The Hall–Kier alpha value is -1.62. The zero-order valence-electron chi connectivity index (χ0n) is 11.5. The van der Waals surface area contributed by atoms with Crippen molar-refractivity contribution in [3.8, 4) is 0 Å². The van der Waals surface area contributed by atoms with E-state index in [1.165, 1.54) is 0 Å². The van der Waals surface area contributed by atoms with Crippen molar-refractivity contribution < 1.29 is 9.53 Å². The quantitative estimate of drug-likeness (QED) is 0.861. The molecular weight excluding hydrogens is 242 g/mol. The topological polar surface area (TPSA) is 77.2 Å². The molecular formula is C14H21N3O2. The van der Waals surface area contributed by atoms with Gasteiger partial charge in [0, 0.05) is 18.3 Å². The molecule has 1 amide bonds. The van der Waals surface area contributed by atoms with Crippen LogP contribution in [0.15, 0.2) is 18.3 Å². The number of hydrogen-bond donors (Lipinski definition) is 2. The van der Waals surface area contributed by atoms with E-state index in [0.29, 0.717) is 12.3 Å². The van der Waals surface area contributed by atoms with E-state index in [9.17, 15) is 4.79 Å². The minimum Gasteiger partial charge on any atom is -0.397 e. The van der Waals surface area contributed by atoms with Crippen LogP contribution in [0.1, 0.15) is 32.4 Å². The van der Waals surface area contributed by atoms with E-state index < -0.39 is 0 Å². The molecule has 2 heterocycles. The first-order valence-electron chi connectivity index (χ1n) is 6.58. The van der Waals surface area contributed by atoms with Crippen LogP contribution in [0.4, 0.5) is 5.69 Å². The first-order valence-corrected chi connectivity index (χ1v) is 6.58. The number of nitrogens with one attached hydrogen (secondary N) is 1. The predicted octanol–water partition coefficient (Wildman–Crippen LogP) is 1.28. The summed E-state index contributed by atoms with van der Waals surface area (Å²) in [5, 5.41) is 3.05. The molecule has 0 bridgehead atoms. The molecule has 1 aromatic heterocycles. The average Bonchev–Trinajstić information content (AvgIpc) is 2.30. The molecule has 0 saturated carbocycles. The van der Waals surface area contributed by atoms with Crippen molar-refractivity contribution >= 4 is 11.6 Å². The Morgan fingerprint density at radius 2 is 2.37 bits per heavy atom. The molecule has 1 aromatic rings. The van der Waals surface area contributed by atoms with Crippen LogP contribution in [-0.4, -0.2) is 29.1 Å². The molecule has 5 heteroatoms. The fourth-order valence-electron chi connectivity index (χ4n) is 2.34. The van der Waals surface area contributed by atoms with Gasteiger partial charge in [0.25, 0.3) is 0 Å². The Balaban J connectivity index is 1.85. The van der Waals surface area contributed by atoms with Crippen molar-refractivity contribution in [2.45, 2.75) is 44.8 Å². The lowest BCUT2D eigenvalue weighted by Crippen LogP contribution is -2.46. The molecule has 0 radical (unpaired) electrons. The molecule has 1 fully saturated rings. The molecule has 1 saturated heterocycles. The van der Waals surface area contributed by atoms with E-state index in [4.69, 9.17) is 10.5 Å². The summed E-state index contributed by atoms with van der Waals surface area (Å²) >= 11 is 0. The minimum atomic E-state index is -0.157. The van der Waals surface area contributed by atoms with Gasteiger partial charge in [-0.05, 0) is 38.8 Å². The van der Waals surface area contributed by atoms with Crippen molar-refractivity contribution in [2.24, 2.45) is 0 Å². The molecule has 5 nitrogen and oxygen atoms in total. The lowest BCUT2D eigenvalue weighted by molar-refractivity contribution is -0.123. The van der Waals surface area contributed by atoms with E-state index in [-0.39, 0.29) is 24.0 Å². The van der Waals surface area contributed by atoms with Gasteiger partial charge >= 0.3 is 0 Å². The number of nitrogens with two attached hydrogens (primary N) is 1. The van der Waals surface area contributed by atoms with Crippen molar-refractivity contribution in [3.63, 3.8) is 0 Å². The molecule has 2 rings (SSSR count). The molecule has 1 unspecified atom stereocenters. The van der Waals surface area contributed by atoms with E-state index in [0.717, 1.165) is 18.5 Å². The largest absolute Gasteiger partial charge is 0.397 e. The van der Waals surface area contributed by atoms with Gasteiger partial charge in [-0.2, -0.15) is 0 Å². The highest BCUT2D eigenvalue weighted by atomic mass is 16.5. The van der Waals surface area contributed by atoms with Crippen LogP contribution < -0.4 is 11.1 Å². The fraction of sp³-hybridized carbons (Fsp3) is 0.571. The maximum atomic E-state index is 12.0. The van der Waals surface area contributed by atoms with Gasteiger partial charge in [0.2, 0.25) is 5.91 Å². The summed E-state index contributed by atoms with van der Waals surface area (Å²) in [6, 6.07) is 3.72. The number of nitrogens with zero attached hydrogens (tertiary/aromatic N) is 1. The lowest BCUT2D eigenvalue weighted by Gasteiger charge is -2.35. The fourth-order valence-corrected chi connectivity index (χ4v) is 2.34. The van der Waals surface area contributed by atoms with Gasteiger partial charge < -0.3 is 15.8 Å². The van der Waals surface area contributed by atoms with Crippen LogP contribution in [0, 0.1) is 0 Å². The van der Waals surface area contributed by atoms with E-state index >= 15 is 0 Å². The normalized spacial score (nSPS) is 21.9. The number of carbonyl (C=O) groups is 1. The summed E-state index contributed by atoms with van der Waals surface area (Å²) in [5.41, 5.74) is 6.74. The van der Waals surface area contributed by atoms with E-state index in [1.54, 1.807) is 18.3 Å². The third kappa shape index (κ3) is 4.21. The molecule has 104 valence electrons. The smallest absolute Gasteiger partial charge is 0.226 e. The summed E-state index contributed by atoms with van der Waals surface area (Å²) in [5.74, 6) is -0.0000265. The maximum Gasteiger partial charge on any atom is 0.226 e. The number of ether oxygens (including phenoxy) is 1. The number of rotatable bonds is 3. The van der Waals surface area contributed by atoms with Gasteiger partial charge in [0.1, 0.15) is 0 Å². The zero-order valence-corrected chi connectivity index (χ0v) is 11.5. The number of amides is 1. The van der Waals surface area contributed by atoms with E-state index in [1.807, 2.05) is 13.8 Å². The molecule has 1 aliphatic heterocycles. The van der Waals surface area contributed by atoms with Crippen molar-refractivity contribution in [3.05, 3.63) is 24.0 Å². The Bertz CT molecular complexity index is 443. The molecule has 19 heavy (non-hydrogen) atoms. The summed E-state index contributed by atoms with van der Waals surface area (Å²) < 4.78 is 5.63. The average molecular weight is 263 g/mol. The van der Waals surface area contributed by atoms with Crippen molar-refractivity contribution in [1.82, 2.24) is 10.3 Å². The highest BCUT2D eigenvalue weighted by Crippen LogP contribution is 2.23. The van der Waals surface area contributed by atoms with Crippen LogP contribution in [0.3, 0.4) is 0 Å². The number of carbonyl (C=O) groups excluding carboxylic acids is 1. The second-order valence-electron chi connectivity index (χ2n) is 5.63. The van der Waals surface area contributed by atoms with Crippen LogP contribution in [0.5, 0.6) is 0 Å². The van der Waals surface area contributed by atoms with Crippen LogP contribution in [-0.2, 0) is 16.0 Å². The molecule has 1 aliphatic rings. The van der Waals surface area contributed by atoms with Crippen molar-refractivity contribution in [1.29, 1.82) is 0 Å². The monoisotopic (exact) mass is 263 g/mol. The van der Waals surface area contributed by atoms with Gasteiger partial charge in [-0.3, -0.25) is 9.78 Å². The van der Waals surface area contributed by atoms with Crippen LogP contribution in [0.2, 0.25) is 0 Å². The first kappa shape index (κ1) is 13.8. The second-order valence-corrected chi connectivity index (χ2v) is 5.63. The first-order chi connectivity index (χ1) is 8.94. The van der Waals surface area contributed by atoms with Gasteiger partial charge in [0.05, 0.1) is 23.9 Å². The second kappa shape index (κ2) is 5.57. The van der Waals surface area contributed by atoms with Crippen LogP contribution in [0.25, 0.3) is 0 Å². The SMILES string of the molecule is CC1(C)CC(NC(=O)Cc2ccc(N)cn2)CCO1. The Labute approximate surface area is 113 Å². The van der Waals surface area contributed by atoms with Crippen LogP contribution >= 0.6 is 0 Å². The molecule has 0 aromatic carbocycles. The summed E-state index contributed by atoms with van der Waals surface area (Å²) in [6.07, 6.45) is 3.57. The Morgan fingerprint density at radius 3 is 3.00 bits per heavy atom. The van der Waals surface area contributed by atoms with Crippen molar-refractivity contribution in [2.75, 3.05) is 12.3 Å². The number of nitrogen functional groups attached to an aromatic ring is 1. The zero-order chi connectivity index (χ0) is 13.9. The van der Waals surface area contributed by atoms with Gasteiger partial charge in [-0.1, -0.05) is 0 Å². The van der Waals surface area contributed by atoms with Gasteiger partial charge in [-0.25, -0.2) is 0 Å². The Kier molecular flexibility index (Phi) is 4.04. The number of anilines is 1. The summed E-state index contributed by atoms with van der Waals surface area (Å²) in [6.45, 7) is 4.79. The highest BCUT2D eigenvalue weighted by Gasteiger charge is 2.29. The van der Waals surface area contributed by atoms with Gasteiger partial charge in [0.15, 0.2) is 0 Å². The standard InChI is InChI=1S/C14H21N3O2/c1-14(2)8-12(5-6-19-14)17-13(18)7-11-4-3-10(15)9-16-11/h3-4,9,12H,5-8,15H2,1-2H3,(H,17,18).